The van der Waals surface area contributed by atoms with E-state index in [1.807, 2.05) is 30.3 Å². The lowest BCUT2D eigenvalue weighted by Gasteiger charge is -2.25. The smallest absolute Gasteiger partial charge is 0.170 e. The number of thiocarbonyl (C=S) groups is 1. The van der Waals surface area contributed by atoms with Crippen LogP contribution < -0.4 is 5.32 Å². The number of aryl methyl sites for hydroxylation is 1. The van der Waals surface area contributed by atoms with Crippen molar-refractivity contribution in [2.75, 3.05) is 13.2 Å². The van der Waals surface area contributed by atoms with Gasteiger partial charge in [-0.2, -0.15) is 0 Å². The molecule has 0 spiro atoms. The summed E-state index contributed by atoms with van der Waals surface area (Å²) in [6, 6.07) is 15.8. The number of hydrogen-bond acceptors (Lipinski definition) is 4. The van der Waals surface area contributed by atoms with Crippen LogP contribution in [0, 0.1) is 6.92 Å². The first-order valence-corrected chi connectivity index (χ1v) is 10.7. The second-order valence-electron chi connectivity index (χ2n) is 7.08. The number of benzene rings is 1. The van der Waals surface area contributed by atoms with Crippen molar-refractivity contribution in [1.29, 1.82) is 0 Å². The fourth-order valence-electron chi connectivity index (χ4n) is 3.67. The van der Waals surface area contributed by atoms with E-state index < -0.39 is 0 Å². The van der Waals surface area contributed by atoms with Crippen molar-refractivity contribution in [1.82, 2.24) is 15.2 Å². The number of aromatic nitrogens is 1. The topological polar surface area (TPSA) is 61.5 Å². The van der Waals surface area contributed by atoms with Crippen LogP contribution in [0.1, 0.15) is 35.5 Å². The Morgan fingerprint density at radius 3 is 2.83 bits per heavy atom. The molecule has 0 amide bonds. The number of aliphatic hydroxyl groups is 1. The van der Waals surface area contributed by atoms with E-state index in [9.17, 15) is 5.11 Å². The zero-order valence-corrected chi connectivity index (χ0v) is 18.4. The van der Waals surface area contributed by atoms with E-state index in [-0.39, 0.29) is 18.7 Å². The van der Waals surface area contributed by atoms with Gasteiger partial charge >= 0.3 is 0 Å². The summed E-state index contributed by atoms with van der Waals surface area (Å²) in [6.45, 7) is 2.81. The van der Waals surface area contributed by atoms with E-state index in [0.717, 1.165) is 27.3 Å². The van der Waals surface area contributed by atoms with Gasteiger partial charge in [-0.05, 0) is 67.5 Å². The van der Waals surface area contributed by atoms with Gasteiger partial charge in [0.15, 0.2) is 5.11 Å². The van der Waals surface area contributed by atoms with E-state index in [1.54, 1.807) is 6.20 Å². The molecule has 5 nitrogen and oxygen atoms in total. The van der Waals surface area contributed by atoms with Crippen LogP contribution >= 0.6 is 28.1 Å². The van der Waals surface area contributed by atoms with Gasteiger partial charge in [-0.3, -0.25) is 4.98 Å². The summed E-state index contributed by atoms with van der Waals surface area (Å²) in [6.07, 6.45) is 2.41. The fraction of sp³-hybridized carbons (Fsp3) is 0.273. The van der Waals surface area contributed by atoms with Crippen molar-refractivity contribution in [2.24, 2.45) is 0 Å². The standard InChI is InChI=1S/C22H22BrN3O2S/c1-14-6-7-15(16(23)13-14)18-8-9-19(28-18)21-20(17-5-2-3-10-24-17)25-22(29)26(21)11-4-12-27/h2-3,5-10,13,20-21,27H,4,11-12H2,1H3,(H,25,29)/t20-,21-/m0/s1. The molecule has 0 unspecified atom stereocenters. The molecular weight excluding hydrogens is 450 g/mol. The quantitative estimate of drug-likeness (QED) is 0.505. The summed E-state index contributed by atoms with van der Waals surface area (Å²) in [4.78, 5) is 6.61. The van der Waals surface area contributed by atoms with Crippen molar-refractivity contribution in [3.8, 4) is 11.3 Å². The molecule has 2 atom stereocenters. The third kappa shape index (κ3) is 4.08. The highest BCUT2D eigenvalue weighted by Gasteiger charge is 2.41. The van der Waals surface area contributed by atoms with Crippen LogP contribution in [0.25, 0.3) is 11.3 Å². The molecule has 7 heteroatoms. The first-order chi connectivity index (χ1) is 14.1. The van der Waals surface area contributed by atoms with E-state index in [1.165, 1.54) is 5.56 Å². The van der Waals surface area contributed by atoms with Gasteiger partial charge in [-0.1, -0.05) is 28.1 Å². The highest BCUT2D eigenvalue weighted by atomic mass is 79.9. The zero-order chi connectivity index (χ0) is 20.4. The van der Waals surface area contributed by atoms with Gasteiger partial charge in [0.2, 0.25) is 0 Å². The van der Waals surface area contributed by atoms with E-state index in [4.69, 9.17) is 16.6 Å². The third-order valence-electron chi connectivity index (χ3n) is 5.06. The van der Waals surface area contributed by atoms with Gasteiger partial charge in [0.1, 0.15) is 17.6 Å². The van der Waals surface area contributed by atoms with E-state index in [0.29, 0.717) is 18.1 Å². The highest BCUT2D eigenvalue weighted by molar-refractivity contribution is 9.10. The Morgan fingerprint density at radius 2 is 2.10 bits per heavy atom. The molecular formula is C22H22BrN3O2S. The van der Waals surface area contributed by atoms with Crippen LogP contribution in [0.5, 0.6) is 0 Å². The summed E-state index contributed by atoms with van der Waals surface area (Å²) in [5, 5.41) is 13.4. The first-order valence-electron chi connectivity index (χ1n) is 9.53. The molecule has 0 bridgehead atoms. The van der Waals surface area contributed by atoms with Crippen LogP contribution in [-0.2, 0) is 0 Å². The molecule has 0 aliphatic carbocycles. The molecule has 3 aromatic rings. The maximum absolute atomic E-state index is 9.33. The lowest BCUT2D eigenvalue weighted by atomic mass is 10.0. The van der Waals surface area contributed by atoms with E-state index >= 15 is 0 Å². The fourth-order valence-corrected chi connectivity index (χ4v) is 4.69. The molecule has 4 rings (SSSR count). The Balaban J connectivity index is 1.72. The number of pyridine rings is 1. The Labute approximate surface area is 183 Å². The average Bonchev–Trinajstić information content (AvgIpc) is 3.31. The number of furan rings is 1. The molecule has 2 N–H and O–H groups in total. The van der Waals surface area contributed by atoms with Crippen molar-refractivity contribution < 1.29 is 9.52 Å². The Morgan fingerprint density at radius 1 is 1.24 bits per heavy atom. The van der Waals surface area contributed by atoms with E-state index in [2.05, 4.69) is 56.3 Å². The lowest BCUT2D eigenvalue weighted by Crippen LogP contribution is -2.30. The Bertz CT molecular complexity index is 1010. The van der Waals surface area contributed by atoms with Crippen LogP contribution in [-0.4, -0.2) is 33.3 Å². The largest absolute Gasteiger partial charge is 0.459 e. The molecule has 150 valence electrons. The minimum atomic E-state index is -0.137. The molecule has 1 aliphatic rings. The van der Waals surface area contributed by atoms with Crippen LogP contribution in [0.2, 0.25) is 0 Å². The van der Waals surface area contributed by atoms with Gasteiger partial charge < -0.3 is 19.7 Å². The molecule has 1 saturated heterocycles. The molecule has 0 saturated carbocycles. The normalized spacial score (nSPS) is 18.9. The average molecular weight is 472 g/mol. The zero-order valence-electron chi connectivity index (χ0n) is 16.0. The van der Waals surface area contributed by atoms with Crippen LogP contribution in [0.3, 0.4) is 0 Å². The predicted molar refractivity (Wildman–Crippen MR) is 120 cm³/mol. The second-order valence-corrected chi connectivity index (χ2v) is 8.32. The highest BCUT2D eigenvalue weighted by Crippen LogP contribution is 2.41. The SMILES string of the molecule is Cc1ccc(-c2ccc([C@H]3[C@H](c4ccccn4)NC(=S)N3CCCO)o2)c(Br)c1. The van der Waals surface area contributed by atoms with Gasteiger partial charge in [-0.15, -0.1) is 0 Å². The minimum Gasteiger partial charge on any atom is -0.459 e. The number of hydrogen-bond donors (Lipinski definition) is 2. The molecule has 0 radical (unpaired) electrons. The summed E-state index contributed by atoms with van der Waals surface area (Å²) in [7, 11) is 0. The predicted octanol–water partition coefficient (Wildman–Crippen LogP) is 4.77. The third-order valence-corrected chi connectivity index (χ3v) is 6.07. The van der Waals surface area contributed by atoms with Crippen molar-refractivity contribution in [3.63, 3.8) is 0 Å². The number of halogens is 1. The monoisotopic (exact) mass is 471 g/mol. The van der Waals surface area contributed by atoms with Gasteiger partial charge in [0, 0.05) is 29.4 Å². The molecule has 1 aromatic carbocycles. The first kappa shape index (κ1) is 20.1. The maximum Gasteiger partial charge on any atom is 0.170 e. The summed E-state index contributed by atoms with van der Waals surface area (Å²) >= 11 is 9.24. The maximum atomic E-state index is 9.33. The second kappa shape index (κ2) is 8.65. The van der Waals surface area contributed by atoms with Gasteiger partial charge in [0.25, 0.3) is 0 Å². The number of nitrogens with zero attached hydrogens (tertiary/aromatic N) is 2. The number of rotatable bonds is 6. The molecule has 1 aliphatic heterocycles. The Kier molecular flexibility index (Phi) is 5.99. The summed E-state index contributed by atoms with van der Waals surface area (Å²) < 4.78 is 7.32. The summed E-state index contributed by atoms with van der Waals surface area (Å²) in [5.74, 6) is 1.61. The van der Waals surface area contributed by atoms with Crippen molar-refractivity contribution in [2.45, 2.75) is 25.4 Å². The lowest BCUT2D eigenvalue weighted by molar-refractivity contribution is 0.233. The molecule has 1 fully saturated rings. The molecule has 2 aromatic heterocycles. The van der Waals surface area contributed by atoms with Crippen LogP contribution in [0.15, 0.2) is 63.6 Å². The van der Waals surface area contributed by atoms with Crippen LogP contribution in [0.4, 0.5) is 0 Å². The minimum absolute atomic E-state index is 0.111. The molecule has 29 heavy (non-hydrogen) atoms. The summed E-state index contributed by atoms with van der Waals surface area (Å²) in [5.41, 5.74) is 3.09. The Hall–Kier alpha value is -2.22. The number of nitrogens with one attached hydrogen (secondary N) is 1. The number of aliphatic hydroxyl groups excluding tert-OH is 1. The molecule has 3 heterocycles. The van der Waals surface area contributed by atoms with Gasteiger partial charge in [-0.25, -0.2) is 0 Å². The van der Waals surface area contributed by atoms with Gasteiger partial charge in [0.05, 0.1) is 11.7 Å². The van der Waals surface area contributed by atoms with Crippen molar-refractivity contribution in [3.05, 3.63) is 76.2 Å². The van der Waals surface area contributed by atoms with Crippen molar-refractivity contribution >= 4 is 33.3 Å².